The van der Waals surface area contributed by atoms with Gasteiger partial charge in [0.1, 0.15) is 23.9 Å². The number of aliphatic hydroxyl groups is 1. The van der Waals surface area contributed by atoms with Crippen molar-refractivity contribution in [1.82, 2.24) is 39.6 Å². The molecule has 1 aliphatic carbocycles. The minimum atomic E-state index is -4.66. The van der Waals surface area contributed by atoms with Gasteiger partial charge in [-0.1, -0.05) is 17.7 Å². The van der Waals surface area contributed by atoms with Gasteiger partial charge in [0.2, 0.25) is 11.7 Å². The lowest BCUT2D eigenvalue weighted by Crippen LogP contribution is -2.43. The minimum absolute atomic E-state index is 0.0134. The lowest BCUT2D eigenvalue weighted by atomic mass is 9.82. The molecule has 2 bridgehead atoms. The number of nitrogens with zero attached hydrogens (tertiary/aromatic N) is 7. The van der Waals surface area contributed by atoms with Crippen LogP contribution in [0.2, 0.25) is 5.02 Å². The summed E-state index contributed by atoms with van der Waals surface area (Å²) in [5.41, 5.74) is 4.63. The zero-order valence-electron chi connectivity index (χ0n) is 25.3. The van der Waals surface area contributed by atoms with Gasteiger partial charge in [0.05, 0.1) is 48.2 Å². The molecule has 0 radical (unpaired) electrons. The highest BCUT2D eigenvalue weighted by Gasteiger charge is 2.37. The molecular weight excluding hydrogens is 656 g/mol. The number of aromatic nitrogens is 7. The summed E-state index contributed by atoms with van der Waals surface area (Å²) >= 11 is 5.87. The molecular formula is C32H29ClF4N8O3. The minimum Gasteiger partial charge on any atom is -0.472 e. The summed E-state index contributed by atoms with van der Waals surface area (Å²) in [7, 11) is 0. The Labute approximate surface area is 275 Å². The molecule has 48 heavy (non-hydrogen) atoms. The van der Waals surface area contributed by atoms with E-state index in [0.717, 1.165) is 29.1 Å². The zero-order chi connectivity index (χ0) is 33.2. The number of fused-ring (bicyclic) bond motifs is 3. The Morgan fingerprint density at radius 3 is 2.65 bits per heavy atom. The molecule has 2 saturated heterocycles. The first-order valence-electron chi connectivity index (χ1n) is 15.6. The number of aliphatic hydroxyl groups excluding tert-OH is 1. The molecule has 5 aromatic rings. The van der Waals surface area contributed by atoms with Crippen molar-refractivity contribution in [2.45, 2.75) is 63.3 Å². The molecule has 250 valence electrons. The fourth-order valence-electron chi connectivity index (χ4n) is 6.49. The Morgan fingerprint density at radius 1 is 1.10 bits per heavy atom. The number of β-amino-alcohol motifs (C(OH)–C–C–N with tert-alkyl or cyclic N) is 1. The third kappa shape index (κ3) is 5.88. The highest BCUT2D eigenvalue weighted by atomic mass is 35.5. The third-order valence-electron chi connectivity index (χ3n) is 9.19. The van der Waals surface area contributed by atoms with Crippen LogP contribution < -0.4 is 4.74 Å². The molecule has 2 N–H and O–H groups in total. The van der Waals surface area contributed by atoms with Crippen LogP contribution in [-0.4, -0.2) is 76.6 Å². The van der Waals surface area contributed by atoms with E-state index >= 15 is 0 Å². The fraction of sp³-hybridized carbons (Fsp3) is 0.406. The van der Waals surface area contributed by atoms with Crippen molar-refractivity contribution in [1.29, 1.82) is 0 Å². The van der Waals surface area contributed by atoms with Gasteiger partial charge in [-0.05, 0) is 49.2 Å². The van der Waals surface area contributed by atoms with Gasteiger partial charge in [0.25, 0.3) is 0 Å². The molecule has 16 heteroatoms. The van der Waals surface area contributed by atoms with Gasteiger partial charge in [-0.2, -0.15) is 18.3 Å². The van der Waals surface area contributed by atoms with Crippen molar-refractivity contribution in [3.8, 4) is 17.4 Å². The Balaban J connectivity index is 0.987. The maximum absolute atomic E-state index is 14.3. The molecule has 0 saturated carbocycles. The van der Waals surface area contributed by atoms with Crippen LogP contribution in [0.3, 0.4) is 0 Å². The van der Waals surface area contributed by atoms with Gasteiger partial charge < -0.3 is 19.1 Å². The first-order chi connectivity index (χ1) is 23.1. The molecule has 0 amide bonds. The molecule has 3 atom stereocenters. The number of ether oxygens (including phenoxy) is 2. The molecule has 2 unspecified atom stereocenters. The van der Waals surface area contributed by atoms with Crippen molar-refractivity contribution in [2.75, 3.05) is 19.7 Å². The van der Waals surface area contributed by atoms with Crippen molar-refractivity contribution < 1.29 is 32.1 Å². The number of alkyl halides is 3. The summed E-state index contributed by atoms with van der Waals surface area (Å²) in [6.45, 7) is 2.72. The SMILES string of the molecule is OC1CN(Cc2nc3cc(-c4n[nH]c(C(F)(F)F)n4)ncc3n2C[C@@H]2CCO2)CCC1c1nc(OCc2ccc(Cl)cc2F)c2cc1C2. The van der Waals surface area contributed by atoms with Crippen LogP contribution in [0.4, 0.5) is 17.6 Å². The first-order valence-corrected chi connectivity index (χ1v) is 15.9. The summed E-state index contributed by atoms with van der Waals surface area (Å²) in [5, 5.41) is 17.3. The predicted octanol–water partition coefficient (Wildman–Crippen LogP) is 5.05. The molecule has 0 spiro atoms. The van der Waals surface area contributed by atoms with E-state index in [-0.39, 0.29) is 30.1 Å². The van der Waals surface area contributed by atoms with E-state index in [2.05, 4.69) is 20.0 Å². The number of H-pyrrole nitrogens is 1. The molecule has 9 rings (SSSR count). The van der Waals surface area contributed by atoms with E-state index in [1.54, 1.807) is 24.4 Å². The molecule has 11 nitrogen and oxygen atoms in total. The molecule has 4 aliphatic rings. The number of halogens is 5. The number of rotatable bonds is 9. The lowest BCUT2D eigenvalue weighted by Gasteiger charge is -2.37. The standard InChI is InChI=1S/C32H29ClF4N8O3/c33-19-2-1-16(22(34)9-19)15-48-30-18-7-17(8-18)28(40-30)21-3-5-44(13-26(21)46)14-27-39-23-10-24(29-41-31(43-42-29)32(35,36)37)38-11-25(23)45(27)12-20-4-6-47-20/h1-2,7,9-11,20-21,26,46H,3-6,8,12-15H2,(H,41,42,43)/t20-,21?,26?/m0/s1. The maximum Gasteiger partial charge on any atom is 0.451 e. The van der Waals surface area contributed by atoms with Crippen LogP contribution in [0.1, 0.15) is 52.8 Å². The smallest absolute Gasteiger partial charge is 0.451 e. The maximum atomic E-state index is 14.3. The van der Waals surface area contributed by atoms with Gasteiger partial charge in [0.15, 0.2) is 5.82 Å². The second-order valence-electron chi connectivity index (χ2n) is 12.4. The molecule has 4 aromatic heterocycles. The first kappa shape index (κ1) is 31.1. The van der Waals surface area contributed by atoms with Crippen molar-refractivity contribution in [3.63, 3.8) is 0 Å². The number of pyridine rings is 2. The van der Waals surface area contributed by atoms with E-state index < -0.39 is 23.9 Å². The Morgan fingerprint density at radius 2 is 1.94 bits per heavy atom. The molecule has 2 fully saturated rings. The third-order valence-corrected chi connectivity index (χ3v) is 9.43. The van der Waals surface area contributed by atoms with E-state index in [4.69, 9.17) is 31.0 Å². The number of likely N-dealkylation sites (tertiary alicyclic amines) is 1. The van der Waals surface area contributed by atoms with E-state index in [0.29, 0.717) is 73.1 Å². The molecule has 7 heterocycles. The number of imidazole rings is 1. The van der Waals surface area contributed by atoms with Crippen LogP contribution in [0.5, 0.6) is 5.88 Å². The van der Waals surface area contributed by atoms with Crippen LogP contribution in [-0.2, 0) is 37.0 Å². The predicted molar refractivity (Wildman–Crippen MR) is 164 cm³/mol. The van der Waals surface area contributed by atoms with Crippen molar-refractivity contribution in [2.24, 2.45) is 0 Å². The Hall–Kier alpha value is -4.18. The van der Waals surface area contributed by atoms with E-state index in [1.165, 1.54) is 6.07 Å². The number of aromatic amines is 1. The van der Waals surface area contributed by atoms with Gasteiger partial charge in [-0.15, -0.1) is 0 Å². The van der Waals surface area contributed by atoms with E-state index in [1.807, 2.05) is 15.7 Å². The van der Waals surface area contributed by atoms with Crippen LogP contribution in [0.15, 0.2) is 36.5 Å². The monoisotopic (exact) mass is 684 g/mol. The van der Waals surface area contributed by atoms with Crippen molar-refractivity contribution in [3.05, 3.63) is 81.4 Å². The number of nitrogens with one attached hydrogen (secondary N) is 1. The van der Waals surface area contributed by atoms with Crippen LogP contribution in [0, 0.1) is 5.82 Å². The average Bonchev–Trinajstić information content (AvgIpc) is 3.63. The number of hydrogen-bond donors (Lipinski definition) is 2. The quantitative estimate of drug-likeness (QED) is 0.201. The number of hydrogen-bond acceptors (Lipinski definition) is 9. The van der Waals surface area contributed by atoms with Crippen LogP contribution >= 0.6 is 11.6 Å². The second-order valence-corrected chi connectivity index (χ2v) is 12.8. The summed E-state index contributed by atoms with van der Waals surface area (Å²) < 4.78 is 67.2. The molecule has 3 aliphatic heterocycles. The van der Waals surface area contributed by atoms with Gasteiger partial charge in [-0.25, -0.2) is 19.3 Å². The highest BCUT2D eigenvalue weighted by Crippen LogP contribution is 2.39. The Kier molecular flexibility index (Phi) is 7.81. The van der Waals surface area contributed by atoms with Gasteiger partial charge in [0, 0.05) is 41.6 Å². The van der Waals surface area contributed by atoms with E-state index in [9.17, 15) is 22.7 Å². The largest absolute Gasteiger partial charge is 0.472 e. The summed E-state index contributed by atoms with van der Waals surface area (Å²) in [6, 6.07) is 8.05. The number of benzene rings is 1. The molecule has 1 aromatic carbocycles. The number of piperidine rings is 1. The summed E-state index contributed by atoms with van der Waals surface area (Å²) in [6.07, 6.45) is -1.52. The second kappa shape index (κ2) is 12.1. The summed E-state index contributed by atoms with van der Waals surface area (Å²) in [4.78, 5) is 19.6. The van der Waals surface area contributed by atoms with Crippen molar-refractivity contribution >= 4 is 22.6 Å². The zero-order valence-corrected chi connectivity index (χ0v) is 26.1. The average molecular weight is 685 g/mol. The van der Waals surface area contributed by atoms with Gasteiger partial charge >= 0.3 is 6.18 Å². The van der Waals surface area contributed by atoms with Gasteiger partial charge in [-0.3, -0.25) is 15.0 Å². The lowest BCUT2D eigenvalue weighted by molar-refractivity contribution is -0.144. The fourth-order valence-corrected chi connectivity index (χ4v) is 6.65. The normalized spacial score (nSPS) is 20.9. The highest BCUT2D eigenvalue weighted by molar-refractivity contribution is 6.30. The Bertz CT molecular complexity index is 2010. The topological polar surface area (TPSA) is 127 Å². The van der Waals surface area contributed by atoms with Crippen LogP contribution in [0.25, 0.3) is 22.6 Å². The summed E-state index contributed by atoms with van der Waals surface area (Å²) in [5.74, 6) is -0.838.